The number of nitrogens with zero attached hydrogens (tertiary/aromatic N) is 1. The van der Waals surface area contributed by atoms with Crippen molar-refractivity contribution < 1.29 is 27.2 Å². The molecule has 2 aromatic heterocycles. The Hall–Kier alpha value is -2.54. The molecular weight excluding hydrogens is 347 g/mol. The van der Waals surface area contributed by atoms with Crippen LogP contribution in [0.5, 0.6) is 0 Å². The molecule has 0 saturated carbocycles. The molecule has 0 fully saturated rings. The number of carbonyl (C=O) groups is 2. The number of halogens is 4. The lowest BCUT2D eigenvalue weighted by Crippen LogP contribution is -2.03. The topological polar surface area (TPSA) is 52.2 Å². The van der Waals surface area contributed by atoms with E-state index in [1.165, 1.54) is 16.8 Å². The van der Waals surface area contributed by atoms with E-state index in [9.17, 15) is 22.8 Å². The lowest BCUT2D eigenvalue weighted by Gasteiger charge is -2.04. The Morgan fingerprint density at radius 1 is 1.25 bits per heavy atom. The van der Waals surface area contributed by atoms with Crippen LogP contribution in [0.15, 0.2) is 40.9 Å². The first-order chi connectivity index (χ1) is 11.3. The van der Waals surface area contributed by atoms with Gasteiger partial charge in [-0.3, -0.25) is 9.59 Å². The van der Waals surface area contributed by atoms with Crippen LogP contribution < -0.4 is 0 Å². The summed E-state index contributed by atoms with van der Waals surface area (Å²) in [5.41, 5.74) is 0.603. The minimum absolute atomic E-state index is 0.0426. The molecule has 8 heteroatoms. The van der Waals surface area contributed by atoms with Gasteiger partial charge in [0, 0.05) is 11.6 Å². The Balaban J connectivity index is 2.07. The maximum Gasteiger partial charge on any atom is 0.449 e. The fourth-order valence-corrected chi connectivity index (χ4v) is 2.74. The summed E-state index contributed by atoms with van der Waals surface area (Å²) in [6.45, 7) is -0.0426. The summed E-state index contributed by atoms with van der Waals surface area (Å²) in [6.07, 6.45) is -3.03. The van der Waals surface area contributed by atoms with E-state index in [0.717, 1.165) is 6.07 Å². The van der Waals surface area contributed by atoms with Crippen molar-refractivity contribution in [1.82, 2.24) is 4.57 Å². The fourth-order valence-electron chi connectivity index (χ4n) is 2.47. The first-order valence-electron chi connectivity index (χ1n) is 6.74. The maximum atomic E-state index is 12.6. The van der Waals surface area contributed by atoms with Gasteiger partial charge < -0.3 is 8.98 Å². The van der Waals surface area contributed by atoms with Crippen molar-refractivity contribution in [3.63, 3.8) is 0 Å². The molecule has 4 nitrogen and oxygen atoms in total. The second-order valence-electron chi connectivity index (χ2n) is 5.05. The molecule has 0 saturated heterocycles. The first-order valence-corrected chi connectivity index (χ1v) is 7.12. The number of aromatic nitrogens is 1. The zero-order valence-electron chi connectivity index (χ0n) is 11.9. The number of hydrogen-bond acceptors (Lipinski definition) is 3. The van der Waals surface area contributed by atoms with E-state index in [1.807, 2.05) is 0 Å². The van der Waals surface area contributed by atoms with Crippen molar-refractivity contribution in [2.45, 2.75) is 12.7 Å². The molecule has 0 aliphatic rings. The Kier molecular flexibility index (Phi) is 3.96. The Morgan fingerprint density at radius 3 is 2.62 bits per heavy atom. The highest BCUT2D eigenvalue weighted by Crippen LogP contribution is 2.32. The van der Waals surface area contributed by atoms with Crippen molar-refractivity contribution in [2.75, 3.05) is 0 Å². The number of alkyl halides is 3. The quantitative estimate of drug-likeness (QED) is 0.397. The van der Waals surface area contributed by atoms with Crippen LogP contribution in [-0.2, 0) is 17.5 Å². The van der Waals surface area contributed by atoms with E-state index in [1.54, 1.807) is 18.2 Å². The second kappa shape index (κ2) is 5.83. The summed E-state index contributed by atoms with van der Waals surface area (Å²) in [5, 5.41) is 0.644. The van der Waals surface area contributed by atoms with Gasteiger partial charge >= 0.3 is 6.18 Å². The number of aldehydes is 1. The van der Waals surface area contributed by atoms with Crippen LogP contribution in [0.25, 0.3) is 10.9 Å². The largest absolute Gasteiger partial charge is 0.455 e. The molecular formula is C16H9ClF3NO3. The van der Waals surface area contributed by atoms with Gasteiger partial charge in [0.25, 0.3) is 0 Å². The van der Waals surface area contributed by atoms with E-state index in [-0.39, 0.29) is 29.2 Å². The zero-order valence-corrected chi connectivity index (χ0v) is 12.7. The van der Waals surface area contributed by atoms with Crippen LogP contribution in [-0.4, -0.2) is 16.6 Å². The SMILES string of the molecule is O=CC(=O)c1cn(Cc2ccc(C(F)(F)F)o2)c2cccc(Cl)c12. The molecule has 0 atom stereocenters. The van der Waals surface area contributed by atoms with Crippen LogP contribution in [0, 0.1) is 0 Å². The Morgan fingerprint density at radius 2 is 2.00 bits per heavy atom. The number of Topliss-reactive ketones (excluding diaryl/α,β-unsaturated/α-hetero) is 1. The number of furan rings is 1. The van der Waals surface area contributed by atoms with Gasteiger partial charge in [-0.05, 0) is 24.3 Å². The van der Waals surface area contributed by atoms with Crippen LogP contribution in [0.1, 0.15) is 21.9 Å². The van der Waals surface area contributed by atoms with Gasteiger partial charge in [-0.25, -0.2) is 0 Å². The van der Waals surface area contributed by atoms with E-state index >= 15 is 0 Å². The molecule has 0 aliphatic carbocycles. The summed E-state index contributed by atoms with van der Waals surface area (Å²) in [4.78, 5) is 22.6. The molecule has 0 spiro atoms. The number of hydrogen-bond donors (Lipinski definition) is 0. The smallest absolute Gasteiger partial charge is 0.449 e. The molecule has 0 unspecified atom stereocenters. The predicted octanol–water partition coefficient (Wildman–Crippen LogP) is 4.34. The number of ketones is 1. The average molecular weight is 356 g/mol. The van der Waals surface area contributed by atoms with Crippen molar-refractivity contribution >= 4 is 34.6 Å². The van der Waals surface area contributed by atoms with Gasteiger partial charge in [-0.15, -0.1) is 0 Å². The first kappa shape index (κ1) is 16.3. The lowest BCUT2D eigenvalue weighted by atomic mass is 10.1. The van der Waals surface area contributed by atoms with Crippen LogP contribution >= 0.6 is 11.6 Å². The highest BCUT2D eigenvalue weighted by Gasteiger charge is 2.34. The molecule has 3 aromatic rings. The highest BCUT2D eigenvalue weighted by molar-refractivity contribution is 6.41. The Bertz CT molecular complexity index is 940. The van der Waals surface area contributed by atoms with Crippen LogP contribution in [0.4, 0.5) is 13.2 Å². The number of fused-ring (bicyclic) bond motifs is 1. The lowest BCUT2D eigenvalue weighted by molar-refractivity contribution is -0.153. The fraction of sp³-hybridized carbons (Fsp3) is 0.125. The third-order valence-electron chi connectivity index (χ3n) is 3.50. The normalized spacial score (nSPS) is 11.8. The molecule has 3 rings (SSSR count). The Labute approximate surface area is 138 Å². The molecule has 1 aromatic carbocycles. The molecule has 24 heavy (non-hydrogen) atoms. The average Bonchev–Trinajstić information content (AvgIpc) is 3.13. The van der Waals surface area contributed by atoms with Gasteiger partial charge in [-0.2, -0.15) is 13.2 Å². The number of rotatable bonds is 4. The summed E-state index contributed by atoms with van der Waals surface area (Å²) in [7, 11) is 0. The van der Waals surface area contributed by atoms with Crippen LogP contribution in [0.2, 0.25) is 5.02 Å². The van der Waals surface area contributed by atoms with E-state index < -0.39 is 17.7 Å². The van der Waals surface area contributed by atoms with Crippen molar-refractivity contribution in [1.29, 1.82) is 0 Å². The summed E-state index contributed by atoms with van der Waals surface area (Å²) in [6, 6.07) is 6.90. The van der Waals surface area contributed by atoms with Gasteiger partial charge in [0.2, 0.25) is 11.5 Å². The molecule has 0 aliphatic heterocycles. The third kappa shape index (κ3) is 2.82. The van der Waals surface area contributed by atoms with Gasteiger partial charge in [0.15, 0.2) is 6.29 Å². The summed E-state index contributed by atoms with van der Waals surface area (Å²) in [5.74, 6) is -1.80. The van der Waals surface area contributed by atoms with E-state index in [2.05, 4.69) is 0 Å². The number of benzene rings is 1. The summed E-state index contributed by atoms with van der Waals surface area (Å²) >= 11 is 6.09. The van der Waals surface area contributed by atoms with Gasteiger partial charge in [0.1, 0.15) is 5.76 Å². The standard InChI is InChI=1S/C16H9ClF3NO3/c17-11-2-1-3-12-15(11)10(13(23)8-22)7-21(12)6-9-4-5-14(24-9)16(18,19)20/h1-5,7-8H,6H2. The third-order valence-corrected chi connectivity index (χ3v) is 3.81. The zero-order chi connectivity index (χ0) is 17.5. The van der Waals surface area contributed by atoms with Gasteiger partial charge in [0.05, 0.1) is 22.6 Å². The molecule has 0 amide bonds. The monoisotopic (exact) mass is 355 g/mol. The second-order valence-corrected chi connectivity index (χ2v) is 5.46. The van der Waals surface area contributed by atoms with Crippen molar-refractivity contribution in [3.05, 3.63) is 58.6 Å². The predicted molar refractivity (Wildman–Crippen MR) is 80.2 cm³/mol. The molecule has 0 radical (unpaired) electrons. The minimum Gasteiger partial charge on any atom is -0.455 e. The summed E-state index contributed by atoms with van der Waals surface area (Å²) < 4.78 is 44.1. The van der Waals surface area contributed by atoms with Crippen molar-refractivity contribution in [3.8, 4) is 0 Å². The van der Waals surface area contributed by atoms with Gasteiger partial charge in [-0.1, -0.05) is 17.7 Å². The molecule has 0 N–H and O–H groups in total. The minimum atomic E-state index is -4.57. The molecule has 0 bridgehead atoms. The maximum absolute atomic E-state index is 12.6. The van der Waals surface area contributed by atoms with Crippen molar-refractivity contribution in [2.24, 2.45) is 0 Å². The number of carbonyl (C=O) groups excluding carboxylic acids is 2. The molecule has 124 valence electrons. The highest BCUT2D eigenvalue weighted by atomic mass is 35.5. The van der Waals surface area contributed by atoms with E-state index in [0.29, 0.717) is 10.9 Å². The molecule has 2 heterocycles. The van der Waals surface area contributed by atoms with Crippen LogP contribution in [0.3, 0.4) is 0 Å². The van der Waals surface area contributed by atoms with E-state index in [4.69, 9.17) is 16.0 Å².